The van der Waals surface area contributed by atoms with Crippen molar-refractivity contribution in [2.75, 3.05) is 25.9 Å². The Kier molecular flexibility index (Phi) is 6.31. The number of halogens is 1. The molecule has 3 rings (SSSR count). The average molecular weight is 485 g/mol. The zero-order valence-corrected chi connectivity index (χ0v) is 20.2. The molecule has 1 amide bonds. The van der Waals surface area contributed by atoms with Crippen molar-refractivity contribution in [1.82, 2.24) is 10.2 Å². The van der Waals surface area contributed by atoms with Crippen molar-refractivity contribution in [3.8, 4) is 0 Å². The molecule has 2 aliphatic heterocycles. The van der Waals surface area contributed by atoms with E-state index in [9.17, 15) is 27.7 Å². The lowest BCUT2D eigenvalue weighted by molar-refractivity contribution is -0.385. The molecule has 1 aromatic rings. The molecule has 182 valence electrons. The van der Waals surface area contributed by atoms with Gasteiger partial charge in [0.15, 0.2) is 9.84 Å². The summed E-state index contributed by atoms with van der Waals surface area (Å²) in [5.74, 6) is -1.44. The highest BCUT2D eigenvalue weighted by atomic mass is 32.2. The molecular weight excluding hydrogens is 455 g/mol. The summed E-state index contributed by atoms with van der Waals surface area (Å²) >= 11 is 0. The van der Waals surface area contributed by atoms with Crippen molar-refractivity contribution in [1.29, 1.82) is 0 Å². The van der Waals surface area contributed by atoms with E-state index in [1.54, 1.807) is 20.8 Å². The second kappa shape index (κ2) is 8.32. The van der Waals surface area contributed by atoms with E-state index in [4.69, 9.17) is 4.74 Å². The predicted octanol–water partition coefficient (Wildman–Crippen LogP) is 2.77. The van der Waals surface area contributed by atoms with Crippen LogP contribution in [0.1, 0.15) is 46.1 Å². The number of aliphatic imine (C=N–C) groups is 1. The van der Waals surface area contributed by atoms with Crippen molar-refractivity contribution in [2.45, 2.75) is 56.4 Å². The van der Waals surface area contributed by atoms with Crippen LogP contribution in [-0.4, -0.2) is 66.4 Å². The van der Waals surface area contributed by atoms with Gasteiger partial charge in [-0.25, -0.2) is 17.6 Å². The first kappa shape index (κ1) is 25.0. The number of carbonyl (C=O) groups is 1. The Balaban J connectivity index is 2.15. The van der Waals surface area contributed by atoms with Crippen molar-refractivity contribution >= 4 is 27.5 Å². The van der Waals surface area contributed by atoms with E-state index in [-0.39, 0.29) is 29.9 Å². The first-order valence-corrected chi connectivity index (χ1v) is 12.2. The summed E-state index contributed by atoms with van der Waals surface area (Å²) in [7, 11) is -2.11. The Morgan fingerprint density at radius 3 is 2.45 bits per heavy atom. The van der Waals surface area contributed by atoms with Crippen LogP contribution in [0.4, 0.5) is 14.9 Å². The van der Waals surface area contributed by atoms with Crippen LogP contribution >= 0.6 is 0 Å². The number of nitro groups is 1. The molecule has 1 atom stereocenters. The molecule has 33 heavy (non-hydrogen) atoms. The van der Waals surface area contributed by atoms with Crippen LogP contribution in [0.2, 0.25) is 0 Å². The number of non-ortho nitro benzene ring substituents is 1. The minimum Gasteiger partial charge on any atom is -0.442 e. The van der Waals surface area contributed by atoms with E-state index in [2.05, 4.69) is 10.3 Å². The number of sulfone groups is 1. The molecule has 0 radical (unpaired) electrons. The number of rotatable bonds is 2. The highest BCUT2D eigenvalue weighted by Gasteiger charge is 2.58. The summed E-state index contributed by atoms with van der Waals surface area (Å²) in [5.41, 5.74) is -3.02. The largest absolute Gasteiger partial charge is 0.442 e. The van der Waals surface area contributed by atoms with Gasteiger partial charge in [-0.3, -0.25) is 10.1 Å². The first-order valence-electron chi connectivity index (χ1n) is 10.5. The molecule has 0 saturated carbocycles. The molecule has 1 aromatic carbocycles. The second-order valence-corrected chi connectivity index (χ2v) is 12.2. The second-order valence-electron chi connectivity index (χ2n) is 9.88. The van der Waals surface area contributed by atoms with Gasteiger partial charge in [-0.1, -0.05) is 0 Å². The summed E-state index contributed by atoms with van der Waals surface area (Å²) in [5, 5.41) is 14.2. The minimum absolute atomic E-state index is 0.121. The summed E-state index contributed by atoms with van der Waals surface area (Å²) < 4.78 is 46.1. The Morgan fingerprint density at radius 2 is 1.91 bits per heavy atom. The quantitative estimate of drug-likeness (QED) is 0.501. The first-order chi connectivity index (χ1) is 15.1. The number of nitro benzene ring substituents is 1. The van der Waals surface area contributed by atoms with Gasteiger partial charge in [-0.15, -0.1) is 0 Å². The van der Waals surface area contributed by atoms with Crippen LogP contribution in [0, 0.1) is 15.9 Å². The summed E-state index contributed by atoms with van der Waals surface area (Å²) in [6.45, 7) is 7.31. The molecule has 10 nitrogen and oxygen atoms in total. The Labute approximate surface area is 192 Å². The molecule has 2 heterocycles. The molecule has 2 aliphatic rings. The van der Waals surface area contributed by atoms with Crippen LogP contribution in [0.25, 0.3) is 0 Å². The lowest BCUT2D eigenvalue weighted by atomic mass is 9.88. The topological polar surface area (TPSA) is 131 Å². The molecule has 12 heteroatoms. The number of ether oxygens (including phenoxy) is 1. The predicted molar refractivity (Wildman–Crippen MR) is 120 cm³/mol. The van der Waals surface area contributed by atoms with E-state index in [0.717, 1.165) is 18.2 Å². The smallest absolute Gasteiger partial charge is 0.435 e. The lowest BCUT2D eigenvalue weighted by Crippen LogP contribution is -2.68. The van der Waals surface area contributed by atoms with Gasteiger partial charge in [-0.05, 0) is 66.7 Å². The number of hydrogen-bond donors (Lipinski definition) is 1. The van der Waals surface area contributed by atoms with E-state index >= 15 is 0 Å². The van der Waals surface area contributed by atoms with Gasteiger partial charge in [0.1, 0.15) is 22.0 Å². The van der Waals surface area contributed by atoms with Crippen LogP contribution in [-0.2, 0) is 20.1 Å². The summed E-state index contributed by atoms with van der Waals surface area (Å²) in [6, 6.07) is 2.95. The van der Waals surface area contributed by atoms with Gasteiger partial charge in [0.05, 0.1) is 16.2 Å². The number of nitrogens with one attached hydrogen (secondary N) is 1. The van der Waals surface area contributed by atoms with Crippen molar-refractivity contribution in [3.05, 3.63) is 39.7 Å². The molecule has 2 fully saturated rings. The molecule has 1 N–H and O–H groups in total. The van der Waals surface area contributed by atoms with Crippen molar-refractivity contribution in [3.63, 3.8) is 0 Å². The molecule has 2 saturated heterocycles. The zero-order valence-electron chi connectivity index (χ0n) is 19.3. The maximum atomic E-state index is 14.8. The number of benzene rings is 1. The molecule has 0 aliphatic carbocycles. The fourth-order valence-corrected chi connectivity index (χ4v) is 6.76. The number of nitrogens with zero attached hydrogens (tertiary/aromatic N) is 3. The number of carbonyl (C=O) groups excluding carboxylic acids is 1. The fraction of sp³-hybridized carbons (Fsp3) is 0.619. The van der Waals surface area contributed by atoms with E-state index < -0.39 is 48.3 Å². The van der Waals surface area contributed by atoms with E-state index in [1.165, 1.54) is 6.92 Å². The highest BCUT2D eigenvalue weighted by Crippen LogP contribution is 2.41. The van der Waals surface area contributed by atoms with Gasteiger partial charge in [0.2, 0.25) is 0 Å². The SMILES string of the molecule is CN1CCC2(CC1)/C(=N/C(=O)OC(C)(C)C)N[C@](C)(c1cc([N+](=O)[O-])ccc1F)CS2(=O)=O. The third kappa shape index (κ3) is 4.86. The number of piperidine rings is 1. The highest BCUT2D eigenvalue weighted by molar-refractivity contribution is 7.93. The van der Waals surface area contributed by atoms with Crippen LogP contribution in [0.5, 0.6) is 0 Å². The summed E-state index contributed by atoms with van der Waals surface area (Å²) in [4.78, 5) is 29.1. The van der Waals surface area contributed by atoms with Crippen LogP contribution in [0.3, 0.4) is 0 Å². The van der Waals surface area contributed by atoms with Crippen LogP contribution < -0.4 is 5.32 Å². The Bertz CT molecular complexity index is 1110. The molecule has 0 unspecified atom stereocenters. The van der Waals surface area contributed by atoms with Gasteiger partial charge >= 0.3 is 6.09 Å². The zero-order chi connectivity index (χ0) is 24.8. The number of hydrogen-bond acceptors (Lipinski definition) is 7. The maximum Gasteiger partial charge on any atom is 0.435 e. The van der Waals surface area contributed by atoms with Gasteiger partial charge in [0, 0.05) is 17.7 Å². The normalized spacial score (nSPS) is 26.1. The summed E-state index contributed by atoms with van der Waals surface area (Å²) in [6.07, 6.45) is -0.593. The monoisotopic (exact) mass is 484 g/mol. The lowest BCUT2D eigenvalue weighted by Gasteiger charge is -2.49. The fourth-order valence-electron chi connectivity index (χ4n) is 4.30. The third-order valence-corrected chi connectivity index (χ3v) is 8.80. The van der Waals surface area contributed by atoms with Crippen molar-refractivity contribution in [2.24, 2.45) is 4.99 Å². The Hall–Kier alpha value is -2.60. The molecule has 1 spiro atoms. The Morgan fingerprint density at radius 1 is 1.30 bits per heavy atom. The minimum atomic E-state index is -3.98. The van der Waals surface area contributed by atoms with E-state index in [0.29, 0.717) is 13.1 Å². The van der Waals surface area contributed by atoms with Crippen molar-refractivity contribution < 1.29 is 27.3 Å². The van der Waals surface area contributed by atoms with Gasteiger partial charge in [-0.2, -0.15) is 4.99 Å². The van der Waals surface area contributed by atoms with Gasteiger partial charge < -0.3 is 15.0 Å². The maximum absolute atomic E-state index is 14.8. The van der Waals surface area contributed by atoms with Crippen LogP contribution in [0.15, 0.2) is 23.2 Å². The van der Waals surface area contributed by atoms with Gasteiger partial charge in [0.25, 0.3) is 5.69 Å². The number of amidine groups is 1. The molecule has 0 aromatic heterocycles. The average Bonchev–Trinajstić information content (AvgIpc) is 2.65. The van der Waals surface area contributed by atoms with E-state index in [1.807, 2.05) is 11.9 Å². The molecule has 0 bridgehead atoms. The number of amides is 1. The molecular formula is C21H29FN4O6S. The third-order valence-electron chi connectivity index (χ3n) is 6.05. The standard InChI is InChI=1S/C21H29FN4O6S/c1-19(2,3)32-18(27)23-17-21(8-10-25(5)11-9-21)33(30,31)13-20(4,24-17)15-12-14(26(28)29)6-7-16(15)22/h6-7,12H,8-11,13H2,1-5H3,(H,23,24,27)/t20-/m0/s1. The number of likely N-dealkylation sites (tertiary alicyclic amines) is 1.